The van der Waals surface area contributed by atoms with E-state index in [-0.39, 0.29) is 42.7 Å². The number of ether oxygens (including phenoxy) is 1. The lowest BCUT2D eigenvalue weighted by molar-refractivity contribution is -0.121. The van der Waals surface area contributed by atoms with Crippen LogP contribution < -0.4 is 9.62 Å². The standard InChI is InChI=1S/C20H22N2O6S/c1-28-14-20(25,15-5-3-2-4-6-15)13-21-29(26,27)17-9-7-16(8-10-17)22-18(23)11-12-19(22)24/h2-10,21,25H,11-14H2,1H3/t20-/m1/s1. The zero-order valence-corrected chi connectivity index (χ0v) is 16.7. The molecular weight excluding hydrogens is 396 g/mol. The normalized spacial score (nSPS) is 16.8. The number of nitrogens with zero attached hydrogens (tertiary/aromatic N) is 1. The van der Waals surface area contributed by atoms with Gasteiger partial charge in [0.25, 0.3) is 0 Å². The van der Waals surface area contributed by atoms with E-state index in [0.717, 1.165) is 4.90 Å². The lowest BCUT2D eigenvalue weighted by atomic mass is 9.95. The minimum atomic E-state index is -3.94. The average molecular weight is 418 g/mol. The second-order valence-corrected chi connectivity index (χ2v) is 8.54. The van der Waals surface area contributed by atoms with Crippen LogP contribution in [0.2, 0.25) is 0 Å². The first-order chi connectivity index (χ1) is 13.8. The Kier molecular flexibility index (Phi) is 6.13. The highest BCUT2D eigenvalue weighted by atomic mass is 32.2. The number of benzene rings is 2. The number of imide groups is 1. The quantitative estimate of drug-likeness (QED) is 0.622. The van der Waals surface area contributed by atoms with Gasteiger partial charge < -0.3 is 9.84 Å². The zero-order chi connectivity index (χ0) is 21.1. The summed E-state index contributed by atoms with van der Waals surface area (Å²) < 4.78 is 32.8. The fraction of sp³-hybridized carbons (Fsp3) is 0.300. The molecule has 0 aliphatic carbocycles. The Morgan fingerprint density at radius 3 is 2.17 bits per heavy atom. The zero-order valence-electron chi connectivity index (χ0n) is 15.9. The SMILES string of the molecule is COC[C@](O)(CNS(=O)(=O)c1ccc(N2C(=O)CCC2=O)cc1)c1ccccc1. The van der Waals surface area contributed by atoms with E-state index in [4.69, 9.17) is 4.74 Å². The van der Waals surface area contributed by atoms with E-state index in [9.17, 15) is 23.1 Å². The van der Waals surface area contributed by atoms with Crippen molar-refractivity contribution in [2.45, 2.75) is 23.3 Å². The summed E-state index contributed by atoms with van der Waals surface area (Å²) in [6.45, 7) is -0.393. The van der Waals surface area contributed by atoms with Gasteiger partial charge in [-0.25, -0.2) is 13.1 Å². The lowest BCUT2D eigenvalue weighted by Crippen LogP contribution is -2.43. The van der Waals surface area contributed by atoms with Crippen LogP contribution in [0, 0.1) is 0 Å². The third kappa shape index (κ3) is 4.54. The summed E-state index contributed by atoms with van der Waals surface area (Å²) in [7, 11) is -2.52. The molecule has 2 aromatic carbocycles. The maximum absolute atomic E-state index is 12.7. The fourth-order valence-electron chi connectivity index (χ4n) is 3.16. The van der Waals surface area contributed by atoms with Crippen LogP contribution >= 0.6 is 0 Å². The average Bonchev–Trinajstić information content (AvgIpc) is 3.06. The molecule has 1 saturated heterocycles. The summed E-state index contributed by atoms with van der Waals surface area (Å²) >= 11 is 0. The molecule has 0 unspecified atom stereocenters. The van der Waals surface area contributed by atoms with E-state index >= 15 is 0 Å². The van der Waals surface area contributed by atoms with Crippen LogP contribution in [0.15, 0.2) is 59.5 Å². The van der Waals surface area contributed by atoms with E-state index in [2.05, 4.69) is 4.72 Å². The van der Waals surface area contributed by atoms with Crippen molar-refractivity contribution in [1.29, 1.82) is 0 Å². The maximum Gasteiger partial charge on any atom is 0.240 e. The van der Waals surface area contributed by atoms with Crippen LogP contribution in [-0.4, -0.2) is 45.6 Å². The predicted octanol–water partition coefficient (Wildman–Crippen LogP) is 1.15. The van der Waals surface area contributed by atoms with Gasteiger partial charge in [0.15, 0.2) is 0 Å². The van der Waals surface area contributed by atoms with E-state index < -0.39 is 15.6 Å². The van der Waals surface area contributed by atoms with Gasteiger partial charge in [0.2, 0.25) is 21.8 Å². The minimum Gasteiger partial charge on any atom is -0.381 e. The third-order valence-electron chi connectivity index (χ3n) is 4.71. The van der Waals surface area contributed by atoms with Crippen molar-refractivity contribution in [3.05, 3.63) is 60.2 Å². The molecule has 9 heteroatoms. The largest absolute Gasteiger partial charge is 0.381 e. The number of amides is 2. The van der Waals surface area contributed by atoms with E-state index in [1.165, 1.54) is 31.4 Å². The van der Waals surface area contributed by atoms with Gasteiger partial charge in [-0.05, 0) is 29.8 Å². The molecule has 29 heavy (non-hydrogen) atoms. The Morgan fingerprint density at radius 1 is 1.03 bits per heavy atom. The first-order valence-electron chi connectivity index (χ1n) is 8.99. The van der Waals surface area contributed by atoms with Gasteiger partial charge >= 0.3 is 0 Å². The molecule has 2 amide bonds. The highest BCUT2D eigenvalue weighted by Gasteiger charge is 2.32. The summed E-state index contributed by atoms with van der Waals surface area (Å²) in [6.07, 6.45) is 0.302. The second kappa shape index (κ2) is 8.42. The van der Waals surface area contributed by atoms with Crippen molar-refractivity contribution < 1.29 is 27.9 Å². The molecule has 0 saturated carbocycles. The topological polar surface area (TPSA) is 113 Å². The Labute approximate surface area is 169 Å². The number of anilines is 1. The van der Waals surface area contributed by atoms with Crippen molar-refractivity contribution in [3.8, 4) is 0 Å². The number of nitrogens with one attached hydrogen (secondary N) is 1. The van der Waals surface area contributed by atoms with Crippen LogP contribution in [0.5, 0.6) is 0 Å². The number of aliphatic hydroxyl groups is 1. The molecule has 3 rings (SSSR count). The number of sulfonamides is 1. The first-order valence-corrected chi connectivity index (χ1v) is 10.5. The molecule has 1 aliphatic rings. The number of carbonyl (C=O) groups is 2. The summed E-state index contributed by atoms with van der Waals surface area (Å²) in [4.78, 5) is 24.6. The van der Waals surface area contributed by atoms with Crippen LogP contribution in [0.4, 0.5) is 5.69 Å². The molecule has 1 aliphatic heterocycles. The smallest absolute Gasteiger partial charge is 0.240 e. The van der Waals surface area contributed by atoms with E-state index in [0.29, 0.717) is 11.3 Å². The highest BCUT2D eigenvalue weighted by molar-refractivity contribution is 7.89. The molecule has 0 radical (unpaired) electrons. The molecule has 1 heterocycles. The molecule has 0 spiro atoms. The number of carbonyl (C=O) groups excluding carboxylic acids is 2. The maximum atomic E-state index is 12.7. The molecule has 8 nitrogen and oxygen atoms in total. The number of hydrogen-bond acceptors (Lipinski definition) is 6. The van der Waals surface area contributed by atoms with Crippen molar-refractivity contribution in [2.75, 3.05) is 25.2 Å². The van der Waals surface area contributed by atoms with Crippen LogP contribution in [0.3, 0.4) is 0 Å². The second-order valence-electron chi connectivity index (χ2n) is 6.77. The van der Waals surface area contributed by atoms with Crippen molar-refractivity contribution in [3.63, 3.8) is 0 Å². The Hall–Kier alpha value is -2.59. The number of methoxy groups -OCH3 is 1. The number of rotatable bonds is 8. The van der Waals surface area contributed by atoms with Crippen LogP contribution in [0.25, 0.3) is 0 Å². The van der Waals surface area contributed by atoms with Crippen molar-refractivity contribution in [1.82, 2.24) is 4.72 Å². The van der Waals surface area contributed by atoms with Gasteiger partial charge in [-0.2, -0.15) is 0 Å². The Morgan fingerprint density at radius 2 is 1.62 bits per heavy atom. The molecule has 2 N–H and O–H groups in total. The molecule has 1 fully saturated rings. The van der Waals surface area contributed by atoms with Gasteiger partial charge in [0.1, 0.15) is 5.60 Å². The van der Waals surface area contributed by atoms with E-state index in [1.54, 1.807) is 30.3 Å². The van der Waals surface area contributed by atoms with Crippen molar-refractivity contribution in [2.24, 2.45) is 0 Å². The molecule has 0 aromatic heterocycles. The Balaban J connectivity index is 1.77. The minimum absolute atomic E-state index is 0.0480. The van der Waals surface area contributed by atoms with Crippen LogP contribution in [0.1, 0.15) is 18.4 Å². The number of hydrogen-bond donors (Lipinski definition) is 2. The van der Waals surface area contributed by atoms with Gasteiger partial charge in [0, 0.05) is 26.5 Å². The molecular formula is C20H22N2O6S. The highest BCUT2D eigenvalue weighted by Crippen LogP contribution is 2.25. The molecule has 2 aromatic rings. The van der Waals surface area contributed by atoms with Gasteiger partial charge in [-0.1, -0.05) is 30.3 Å². The Bertz CT molecular complexity index is 975. The molecule has 154 valence electrons. The monoisotopic (exact) mass is 418 g/mol. The third-order valence-corrected chi connectivity index (χ3v) is 6.12. The summed E-state index contributed by atoms with van der Waals surface area (Å²) in [6, 6.07) is 14.1. The van der Waals surface area contributed by atoms with E-state index in [1.807, 2.05) is 0 Å². The summed E-state index contributed by atoms with van der Waals surface area (Å²) in [5, 5.41) is 10.9. The van der Waals surface area contributed by atoms with Crippen molar-refractivity contribution >= 4 is 27.5 Å². The van der Waals surface area contributed by atoms with Gasteiger partial charge in [0.05, 0.1) is 17.2 Å². The van der Waals surface area contributed by atoms with Gasteiger partial charge in [-0.3, -0.25) is 14.5 Å². The lowest BCUT2D eigenvalue weighted by Gasteiger charge is -2.28. The summed E-state index contributed by atoms with van der Waals surface area (Å²) in [5.41, 5.74) is -0.695. The fourth-order valence-corrected chi connectivity index (χ4v) is 4.25. The van der Waals surface area contributed by atoms with Gasteiger partial charge in [-0.15, -0.1) is 0 Å². The predicted molar refractivity (Wildman–Crippen MR) is 106 cm³/mol. The first kappa shape index (κ1) is 21.1. The molecule has 0 bridgehead atoms. The summed E-state index contributed by atoms with van der Waals surface area (Å²) in [5.74, 6) is -0.618. The molecule has 1 atom stereocenters. The van der Waals surface area contributed by atoms with Crippen LogP contribution in [-0.2, 0) is 30.0 Å².